The number of nitrogens with one attached hydrogen (secondary N) is 2. The van der Waals surface area contributed by atoms with Gasteiger partial charge in [-0.05, 0) is 29.8 Å². The third-order valence-corrected chi connectivity index (χ3v) is 5.00. The second-order valence-electron chi connectivity index (χ2n) is 7.01. The molecule has 0 fully saturated rings. The van der Waals surface area contributed by atoms with Crippen LogP contribution in [-0.2, 0) is 0 Å². The highest BCUT2D eigenvalue weighted by Gasteiger charge is 2.22. The van der Waals surface area contributed by atoms with Crippen molar-refractivity contribution in [3.8, 4) is 28.3 Å². The summed E-state index contributed by atoms with van der Waals surface area (Å²) in [5, 5.41) is 7.34. The van der Waals surface area contributed by atoms with Crippen LogP contribution in [0.25, 0.3) is 33.5 Å². The number of aromatic amines is 1. The lowest BCUT2D eigenvalue weighted by molar-refractivity contribution is 0.0999. The Morgan fingerprint density at radius 2 is 1.81 bits per heavy atom. The van der Waals surface area contributed by atoms with Crippen molar-refractivity contribution in [1.82, 2.24) is 10.1 Å². The summed E-state index contributed by atoms with van der Waals surface area (Å²) in [5.74, 6) is 0.0168. The van der Waals surface area contributed by atoms with Crippen molar-refractivity contribution in [3.05, 3.63) is 89.1 Å². The maximum absolute atomic E-state index is 13.3. The van der Waals surface area contributed by atoms with Crippen LogP contribution < -0.4 is 15.8 Å². The Balaban J connectivity index is 1.56. The maximum Gasteiger partial charge on any atom is 0.439 e. The topological polar surface area (TPSA) is 110 Å². The first kappa shape index (κ1) is 19.4. The van der Waals surface area contributed by atoms with Crippen LogP contribution in [0, 0.1) is 0 Å². The molecule has 2 N–H and O–H groups in total. The van der Waals surface area contributed by atoms with Gasteiger partial charge in [-0.3, -0.25) is 14.3 Å². The molecule has 32 heavy (non-hydrogen) atoms. The lowest BCUT2D eigenvalue weighted by atomic mass is 10.0. The van der Waals surface area contributed by atoms with E-state index in [2.05, 4.69) is 20.0 Å². The third-order valence-electron chi connectivity index (χ3n) is 5.00. The monoisotopic (exact) mass is 427 g/mol. The number of methoxy groups -OCH3 is 1. The van der Waals surface area contributed by atoms with Gasteiger partial charge >= 0.3 is 5.76 Å². The van der Waals surface area contributed by atoms with E-state index in [4.69, 9.17) is 9.15 Å². The highest BCUT2D eigenvalue weighted by Crippen LogP contribution is 2.37. The predicted octanol–water partition coefficient (Wildman–Crippen LogP) is 4.70. The van der Waals surface area contributed by atoms with Crippen molar-refractivity contribution < 1.29 is 18.5 Å². The number of H-pyrrole nitrogens is 1. The molecule has 3 aromatic carbocycles. The number of carbonyl (C=O) groups excluding carboxylic acids is 1. The minimum Gasteiger partial charge on any atom is -0.497 e. The number of carbonyl (C=O) groups is 1. The first-order valence-corrected chi connectivity index (χ1v) is 9.76. The lowest BCUT2D eigenvalue weighted by Crippen LogP contribution is -2.12. The molecule has 1 amide bonds. The molecule has 2 heterocycles. The minimum absolute atomic E-state index is 0.180. The van der Waals surface area contributed by atoms with E-state index in [0.29, 0.717) is 28.1 Å². The number of benzene rings is 3. The molecular weight excluding hydrogens is 410 g/mol. The zero-order valence-electron chi connectivity index (χ0n) is 16.9. The standard InChI is InChI=1S/C24H17N3O5/c1-30-17-10-11-18-19(13-17)31-21(20(18)14-6-3-2-4-7-14)23(28)25-16-9-5-8-15(12-16)22-26-24(29)32-27-22/h2-13H,1H3,(H,25,28)(H,26,27,29). The molecule has 0 saturated carbocycles. The number of ether oxygens (including phenoxy) is 1. The number of fused-ring (bicyclic) bond motifs is 1. The van der Waals surface area contributed by atoms with Crippen LogP contribution in [0.1, 0.15) is 10.6 Å². The number of aromatic nitrogens is 2. The Labute approximate surface area is 181 Å². The number of hydrogen-bond acceptors (Lipinski definition) is 6. The molecule has 0 aliphatic rings. The highest BCUT2D eigenvalue weighted by atomic mass is 16.5. The molecule has 0 radical (unpaired) electrons. The summed E-state index contributed by atoms with van der Waals surface area (Å²) in [4.78, 5) is 27.0. The average Bonchev–Trinajstić information content (AvgIpc) is 3.43. The molecule has 5 aromatic rings. The fraction of sp³-hybridized carbons (Fsp3) is 0.0417. The van der Waals surface area contributed by atoms with Gasteiger partial charge < -0.3 is 14.5 Å². The molecule has 0 saturated heterocycles. The Hall–Kier alpha value is -4.59. The van der Waals surface area contributed by atoms with Crippen molar-refractivity contribution in [2.75, 3.05) is 12.4 Å². The van der Waals surface area contributed by atoms with Gasteiger partial charge in [0.1, 0.15) is 11.3 Å². The Morgan fingerprint density at radius 1 is 1.00 bits per heavy atom. The van der Waals surface area contributed by atoms with E-state index in [1.165, 1.54) is 0 Å². The van der Waals surface area contributed by atoms with Crippen LogP contribution in [0.5, 0.6) is 5.75 Å². The maximum atomic E-state index is 13.3. The van der Waals surface area contributed by atoms with E-state index in [0.717, 1.165) is 10.9 Å². The summed E-state index contributed by atoms with van der Waals surface area (Å²) in [6, 6.07) is 21.9. The van der Waals surface area contributed by atoms with Crippen molar-refractivity contribution in [2.24, 2.45) is 0 Å². The SMILES string of the molecule is COc1ccc2c(-c3ccccc3)c(C(=O)Nc3cccc(-c4noc(=O)[nH]4)c3)oc2c1. The smallest absolute Gasteiger partial charge is 0.439 e. The van der Waals surface area contributed by atoms with E-state index in [9.17, 15) is 9.59 Å². The minimum atomic E-state index is -0.653. The first-order chi connectivity index (χ1) is 15.6. The molecule has 8 heteroatoms. The fourth-order valence-corrected chi connectivity index (χ4v) is 3.54. The van der Waals surface area contributed by atoms with Gasteiger partial charge in [-0.1, -0.05) is 47.6 Å². The van der Waals surface area contributed by atoms with Gasteiger partial charge in [0.15, 0.2) is 5.82 Å². The molecule has 8 nitrogen and oxygen atoms in total. The van der Waals surface area contributed by atoms with Crippen LogP contribution >= 0.6 is 0 Å². The van der Waals surface area contributed by atoms with Crippen molar-refractivity contribution in [2.45, 2.75) is 0 Å². The van der Waals surface area contributed by atoms with Gasteiger partial charge in [0.05, 0.1) is 7.11 Å². The summed E-state index contributed by atoms with van der Waals surface area (Å²) in [6.45, 7) is 0. The Kier molecular flexibility index (Phi) is 4.79. The zero-order valence-corrected chi connectivity index (χ0v) is 16.9. The molecule has 0 unspecified atom stereocenters. The van der Waals surface area contributed by atoms with Gasteiger partial charge in [-0.2, -0.15) is 0 Å². The van der Waals surface area contributed by atoms with Gasteiger partial charge in [0.2, 0.25) is 5.76 Å². The van der Waals surface area contributed by atoms with E-state index in [-0.39, 0.29) is 11.6 Å². The number of anilines is 1. The second-order valence-corrected chi connectivity index (χ2v) is 7.01. The molecule has 5 rings (SSSR count). The van der Waals surface area contributed by atoms with Crippen molar-refractivity contribution >= 4 is 22.6 Å². The molecule has 0 aliphatic carbocycles. The molecule has 2 aromatic heterocycles. The van der Waals surface area contributed by atoms with Crippen LogP contribution in [0.4, 0.5) is 5.69 Å². The summed E-state index contributed by atoms with van der Waals surface area (Å²) in [7, 11) is 1.57. The molecule has 0 bridgehead atoms. The van der Waals surface area contributed by atoms with E-state index < -0.39 is 11.7 Å². The molecule has 0 aliphatic heterocycles. The normalized spacial score (nSPS) is 10.9. The van der Waals surface area contributed by atoms with E-state index in [1.54, 1.807) is 37.4 Å². The Bertz CT molecular complexity index is 1480. The third kappa shape index (κ3) is 3.54. The van der Waals surface area contributed by atoms with Crippen LogP contribution in [0.2, 0.25) is 0 Å². The van der Waals surface area contributed by atoms with E-state index >= 15 is 0 Å². The van der Waals surface area contributed by atoms with Crippen molar-refractivity contribution in [3.63, 3.8) is 0 Å². The summed E-state index contributed by atoms with van der Waals surface area (Å²) in [5.41, 5.74) is 3.19. The number of hydrogen-bond donors (Lipinski definition) is 2. The molecule has 0 atom stereocenters. The van der Waals surface area contributed by atoms with Gasteiger partial charge in [-0.25, -0.2) is 4.79 Å². The predicted molar refractivity (Wildman–Crippen MR) is 119 cm³/mol. The number of furan rings is 1. The summed E-state index contributed by atoms with van der Waals surface area (Å²) in [6.07, 6.45) is 0. The molecule has 0 spiro atoms. The molecular formula is C24H17N3O5. The summed E-state index contributed by atoms with van der Waals surface area (Å²) < 4.78 is 15.8. The number of rotatable bonds is 5. The average molecular weight is 427 g/mol. The number of nitrogens with zero attached hydrogens (tertiary/aromatic N) is 1. The van der Waals surface area contributed by atoms with Crippen LogP contribution in [0.3, 0.4) is 0 Å². The van der Waals surface area contributed by atoms with Crippen molar-refractivity contribution in [1.29, 1.82) is 0 Å². The quantitative estimate of drug-likeness (QED) is 0.421. The van der Waals surface area contributed by atoms with Crippen LogP contribution in [0.15, 0.2) is 86.5 Å². The second kappa shape index (κ2) is 7.92. The lowest BCUT2D eigenvalue weighted by Gasteiger charge is -2.07. The zero-order chi connectivity index (χ0) is 22.1. The van der Waals surface area contributed by atoms with Gasteiger partial charge in [0.25, 0.3) is 5.91 Å². The number of amides is 1. The summed E-state index contributed by atoms with van der Waals surface area (Å²) >= 11 is 0. The van der Waals surface area contributed by atoms with Crippen LogP contribution in [-0.4, -0.2) is 23.2 Å². The molecule has 158 valence electrons. The van der Waals surface area contributed by atoms with Gasteiger partial charge in [-0.15, -0.1) is 0 Å². The Morgan fingerprint density at radius 3 is 2.56 bits per heavy atom. The highest BCUT2D eigenvalue weighted by molar-refractivity contribution is 6.12. The largest absolute Gasteiger partial charge is 0.497 e. The first-order valence-electron chi connectivity index (χ1n) is 9.76. The van der Waals surface area contributed by atoms with Gasteiger partial charge in [0, 0.05) is 28.3 Å². The fourth-order valence-electron chi connectivity index (χ4n) is 3.54. The van der Waals surface area contributed by atoms with E-state index in [1.807, 2.05) is 42.5 Å².